The molecule has 2 aliphatic heterocycles. The summed E-state index contributed by atoms with van der Waals surface area (Å²) in [6.07, 6.45) is 7.43. The van der Waals surface area contributed by atoms with E-state index in [-0.39, 0.29) is 17.2 Å². The number of benzene rings is 1. The number of hydrogen-bond donors (Lipinski definition) is 0. The zero-order valence-electron chi connectivity index (χ0n) is 17.0. The Balaban J connectivity index is 1.44. The number of aromatic nitrogens is 2. The molecule has 0 aliphatic carbocycles. The summed E-state index contributed by atoms with van der Waals surface area (Å²) in [5.41, 5.74) is 2.55. The van der Waals surface area contributed by atoms with Crippen molar-refractivity contribution in [2.24, 2.45) is 5.41 Å². The van der Waals surface area contributed by atoms with Gasteiger partial charge in [0.05, 0.1) is 11.3 Å². The molecule has 2 aliphatic rings. The smallest absolute Gasteiger partial charge is 0.257 e. The molecular weight excluding hydrogens is 364 g/mol. The second kappa shape index (κ2) is 8.31. The van der Waals surface area contributed by atoms with Crippen LogP contribution < -0.4 is 0 Å². The molecule has 2 aromatic rings. The average molecular weight is 393 g/mol. The lowest BCUT2D eigenvalue weighted by atomic mass is 9.73. The Morgan fingerprint density at radius 1 is 1.17 bits per heavy atom. The monoisotopic (exact) mass is 392 g/mol. The standard InChI is InChI=1S/C23H28N4O2/c1-18-20(14-24-17-25-18)22(29)27-12-5-10-23(16-27)11-8-21(28)26(15-23)13-9-19-6-3-2-4-7-19/h2-4,6-7,14,17H,5,8-13,15-16H2,1H3/t23-/m1/s1. The number of likely N-dealkylation sites (tertiary alicyclic amines) is 2. The number of nitrogens with zero attached hydrogens (tertiary/aromatic N) is 4. The molecule has 0 radical (unpaired) electrons. The van der Waals surface area contributed by atoms with Gasteiger partial charge in [-0.2, -0.15) is 0 Å². The predicted octanol–water partition coefficient (Wildman–Crippen LogP) is 2.87. The Morgan fingerprint density at radius 2 is 2.00 bits per heavy atom. The first kappa shape index (κ1) is 19.6. The van der Waals surface area contributed by atoms with Crippen molar-refractivity contribution < 1.29 is 9.59 Å². The van der Waals surface area contributed by atoms with E-state index in [0.717, 1.165) is 45.3 Å². The highest BCUT2D eigenvalue weighted by Crippen LogP contribution is 2.39. The molecule has 3 heterocycles. The second-order valence-electron chi connectivity index (χ2n) is 8.40. The van der Waals surface area contributed by atoms with E-state index in [1.165, 1.54) is 11.9 Å². The molecule has 2 amide bonds. The molecule has 2 fully saturated rings. The van der Waals surface area contributed by atoms with Crippen molar-refractivity contribution in [2.45, 2.75) is 39.0 Å². The van der Waals surface area contributed by atoms with E-state index >= 15 is 0 Å². The van der Waals surface area contributed by atoms with Crippen molar-refractivity contribution in [2.75, 3.05) is 26.2 Å². The van der Waals surface area contributed by atoms with Gasteiger partial charge in [-0.05, 0) is 38.2 Å². The Kier molecular flexibility index (Phi) is 5.60. The van der Waals surface area contributed by atoms with Crippen molar-refractivity contribution >= 4 is 11.8 Å². The van der Waals surface area contributed by atoms with E-state index in [1.807, 2.05) is 34.9 Å². The van der Waals surface area contributed by atoms with Crippen LogP contribution in [0.5, 0.6) is 0 Å². The van der Waals surface area contributed by atoms with Gasteiger partial charge in [0.1, 0.15) is 6.33 Å². The van der Waals surface area contributed by atoms with Gasteiger partial charge >= 0.3 is 0 Å². The van der Waals surface area contributed by atoms with Crippen LogP contribution in [-0.4, -0.2) is 57.8 Å². The maximum atomic E-state index is 13.1. The first-order valence-corrected chi connectivity index (χ1v) is 10.4. The van der Waals surface area contributed by atoms with Gasteiger partial charge in [-0.25, -0.2) is 9.97 Å². The molecule has 1 aromatic heterocycles. The Morgan fingerprint density at radius 3 is 2.79 bits per heavy atom. The predicted molar refractivity (Wildman–Crippen MR) is 110 cm³/mol. The van der Waals surface area contributed by atoms with Crippen LogP contribution in [0.1, 0.15) is 47.3 Å². The molecule has 2 saturated heterocycles. The third-order valence-corrected chi connectivity index (χ3v) is 6.35. The van der Waals surface area contributed by atoms with Crippen LogP contribution in [0.2, 0.25) is 0 Å². The molecule has 6 heteroatoms. The average Bonchev–Trinajstić information content (AvgIpc) is 2.75. The largest absolute Gasteiger partial charge is 0.342 e. The summed E-state index contributed by atoms with van der Waals surface area (Å²) in [5, 5.41) is 0. The number of amides is 2. The quantitative estimate of drug-likeness (QED) is 0.802. The molecule has 29 heavy (non-hydrogen) atoms. The third kappa shape index (κ3) is 4.31. The molecular formula is C23H28N4O2. The number of piperidine rings is 2. The lowest BCUT2D eigenvalue weighted by Gasteiger charge is -2.48. The van der Waals surface area contributed by atoms with E-state index < -0.39 is 0 Å². The highest BCUT2D eigenvalue weighted by atomic mass is 16.2. The molecule has 1 atom stereocenters. The van der Waals surface area contributed by atoms with E-state index in [2.05, 4.69) is 22.1 Å². The zero-order chi connectivity index (χ0) is 20.3. The molecule has 0 saturated carbocycles. The van der Waals surface area contributed by atoms with E-state index in [0.29, 0.717) is 24.2 Å². The molecule has 1 aromatic carbocycles. The summed E-state index contributed by atoms with van der Waals surface area (Å²) in [7, 11) is 0. The number of hydrogen-bond acceptors (Lipinski definition) is 4. The SMILES string of the molecule is Cc1ncncc1C(=O)N1CCC[C@]2(CCC(=O)N(CCc3ccccc3)C2)C1. The molecule has 4 rings (SSSR count). The first-order chi connectivity index (χ1) is 14.1. The number of carbonyl (C=O) groups is 2. The minimum Gasteiger partial charge on any atom is -0.342 e. The van der Waals surface area contributed by atoms with Gasteiger partial charge in [-0.15, -0.1) is 0 Å². The Hall–Kier alpha value is -2.76. The lowest BCUT2D eigenvalue weighted by molar-refractivity contribution is -0.138. The fraction of sp³-hybridized carbons (Fsp3) is 0.478. The summed E-state index contributed by atoms with van der Waals surface area (Å²) in [5.74, 6) is 0.247. The van der Waals surface area contributed by atoms with E-state index in [4.69, 9.17) is 0 Å². The van der Waals surface area contributed by atoms with Crippen LogP contribution in [0, 0.1) is 12.3 Å². The van der Waals surface area contributed by atoms with Crippen LogP contribution in [0.15, 0.2) is 42.9 Å². The molecule has 0 bridgehead atoms. The molecule has 6 nitrogen and oxygen atoms in total. The van der Waals surface area contributed by atoms with Crippen molar-refractivity contribution in [3.05, 3.63) is 59.7 Å². The van der Waals surface area contributed by atoms with Crippen molar-refractivity contribution in [1.29, 1.82) is 0 Å². The van der Waals surface area contributed by atoms with Gasteiger partial charge in [-0.3, -0.25) is 9.59 Å². The fourth-order valence-electron chi connectivity index (χ4n) is 4.70. The van der Waals surface area contributed by atoms with Crippen LogP contribution in [0.25, 0.3) is 0 Å². The van der Waals surface area contributed by atoms with E-state index in [9.17, 15) is 9.59 Å². The molecule has 0 N–H and O–H groups in total. The van der Waals surface area contributed by atoms with Gasteiger partial charge in [-0.1, -0.05) is 30.3 Å². The topological polar surface area (TPSA) is 66.4 Å². The number of rotatable bonds is 4. The minimum atomic E-state index is 0.00203. The summed E-state index contributed by atoms with van der Waals surface area (Å²) in [6.45, 7) is 4.79. The van der Waals surface area contributed by atoms with Crippen molar-refractivity contribution in [3.8, 4) is 0 Å². The highest BCUT2D eigenvalue weighted by molar-refractivity contribution is 5.95. The van der Waals surface area contributed by atoms with Crippen LogP contribution in [0.4, 0.5) is 0 Å². The summed E-state index contributed by atoms with van der Waals surface area (Å²) in [6, 6.07) is 10.3. The van der Waals surface area contributed by atoms with Gasteiger partial charge in [0.15, 0.2) is 0 Å². The van der Waals surface area contributed by atoms with Crippen LogP contribution in [-0.2, 0) is 11.2 Å². The van der Waals surface area contributed by atoms with Gasteiger partial charge in [0.2, 0.25) is 5.91 Å². The van der Waals surface area contributed by atoms with Crippen LogP contribution >= 0.6 is 0 Å². The van der Waals surface area contributed by atoms with Gasteiger partial charge in [0.25, 0.3) is 5.91 Å². The molecule has 152 valence electrons. The third-order valence-electron chi connectivity index (χ3n) is 6.35. The zero-order valence-corrected chi connectivity index (χ0v) is 17.0. The molecule has 1 spiro atoms. The Bertz CT molecular complexity index is 885. The summed E-state index contributed by atoms with van der Waals surface area (Å²) in [4.78, 5) is 37.8. The van der Waals surface area contributed by atoms with Gasteiger partial charge in [0, 0.05) is 44.2 Å². The highest BCUT2D eigenvalue weighted by Gasteiger charge is 2.42. The lowest BCUT2D eigenvalue weighted by Crippen LogP contribution is -2.55. The Labute approximate surface area is 172 Å². The summed E-state index contributed by atoms with van der Waals surface area (Å²) >= 11 is 0. The maximum Gasteiger partial charge on any atom is 0.257 e. The first-order valence-electron chi connectivity index (χ1n) is 10.4. The second-order valence-corrected chi connectivity index (χ2v) is 8.40. The van der Waals surface area contributed by atoms with Crippen LogP contribution in [0.3, 0.4) is 0 Å². The maximum absolute atomic E-state index is 13.1. The normalized spacial score (nSPS) is 22.2. The van der Waals surface area contributed by atoms with Gasteiger partial charge < -0.3 is 9.80 Å². The van der Waals surface area contributed by atoms with E-state index in [1.54, 1.807) is 6.20 Å². The number of aryl methyl sites for hydroxylation is 1. The molecule has 0 unspecified atom stereocenters. The minimum absolute atomic E-state index is 0.00203. The number of carbonyl (C=O) groups excluding carboxylic acids is 2. The summed E-state index contributed by atoms with van der Waals surface area (Å²) < 4.78 is 0. The fourth-order valence-corrected chi connectivity index (χ4v) is 4.70. The van der Waals surface area contributed by atoms with Crippen molar-refractivity contribution in [3.63, 3.8) is 0 Å². The van der Waals surface area contributed by atoms with Crippen molar-refractivity contribution in [1.82, 2.24) is 19.8 Å².